The molecular formula is C12H18O. The third-order valence-electron chi connectivity index (χ3n) is 3.84. The molecule has 0 spiro atoms. The maximum Gasteiger partial charge on any atom is 0.152 e. The van der Waals surface area contributed by atoms with Gasteiger partial charge < -0.3 is 0 Å². The van der Waals surface area contributed by atoms with Crippen molar-refractivity contribution in [2.24, 2.45) is 17.3 Å². The Kier molecular flexibility index (Phi) is 1.86. The number of carbonyl (C=O) groups is 1. The number of fused-ring (bicyclic) bond motifs is 2. The lowest BCUT2D eigenvalue weighted by Crippen LogP contribution is -2.20. The molecule has 2 rings (SSSR count). The Hall–Kier alpha value is -0.590. The molecule has 0 saturated heterocycles. The predicted octanol–water partition coefficient (Wildman–Crippen LogP) is 2.96. The average molecular weight is 178 g/mol. The first-order chi connectivity index (χ1) is 5.99. The van der Waals surface area contributed by atoms with Crippen LogP contribution in [0.2, 0.25) is 0 Å². The first kappa shape index (κ1) is 8.98. The van der Waals surface area contributed by atoms with E-state index in [2.05, 4.69) is 13.8 Å². The Morgan fingerprint density at radius 2 is 2.23 bits per heavy atom. The fraction of sp³-hybridized carbons (Fsp3) is 0.750. The highest BCUT2D eigenvalue weighted by molar-refractivity contribution is 5.88. The topological polar surface area (TPSA) is 17.1 Å². The maximum atomic E-state index is 11.0. The molecule has 0 aromatic rings. The minimum atomic E-state index is 0.223. The van der Waals surface area contributed by atoms with Crippen molar-refractivity contribution < 1.29 is 4.79 Å². The molecule has 1 nitrogen and oxygen atoms in total. The Bertz CT molecular complexity index is 273. The number of allylic oxidation sites excluding steroid dienone is 2. The summed E-state index contributed by atoms with van der Waals surface area (Å²) in [5, 5.41) is 0. The minimum Gasteiger partial charge on any atom is -0.295 e. The summed E-state index contributed by atoms with van der Waals surface area (Å²) in [5.41, 5.74) is 1.95. The van der Waals surface area contributed by atoms with Crippen molar-refractivity contribution in [2.45, 2.75) is 40.0 Å². The van der Waals surface area contributed by atoms with Gasteiger partial charge in [-0.15, -0.1) is 0 Å². The van der Waals surface area contributed by atoms with Crippen molar-refractivity contribution in [2.75, 3.05) is 0 Å². The number of ketones is 1. The van der Waals surface area contributed by atoms with Gasteiger partial charge in [0.15, 0.2) is 5.78 Å². The lowest BCUT2D eigenvalue weighted by Gasteiger charge is -2.30. The highest BCUT2D eigenvalue weighted by Crippen LogP contribution is 2.57. The van der Waals surface area contributed by atoms with Crippen LogP contribution in [0.4, 0.5) is 0 Å². The van der Waals surface area contributed by atoms with Gasteiger partial charge >= 0.3 is 0 Å². The Morgan fingerprint density at radius 1 is 1.54 bits per heavy atom. The van der Waals surface area contributed by atoms with Gasteiger partial charge in [0, 0.05) is 0 Å². The van der Waals surface area contributed by atoms with Crippen LogP contribution >= 0.6 is 0 Å². The summed E-state index contributed by atoms with van der Waals surface area (Å²) in [6, 6.07) is 0. The minimum absolute atomic E-state index is 0.223. The molecule has 0 radical (unpaired) electrons. The molecule has 13 heavy (non-hydrogen) atoms. The summed E-state index contributed by atoms with van der Waals surface area (Å²) >= 11 is 0. The van der Waals surface area contributed by atoms with Gasteiger partial charge in [-0.05, 0) is 49.5 Å². The molecule has 2 fully saturated rings. The van der Waals surface area contributed by atoms with Gasteiger partial charge in [-0.1, -0.05) is 19.4 Å². The monoisotopic (exact) mass is 178 g/mol. The van der Waals surface area contributed by atoms with E-state index in [4.69, 9.17) is 0 Å². The van der Waals surface area contributed by atoms with E-state index < -0.39 is 0 Å². The predicted molar refractivity (Wildman–Crippen MR) is 53.4 cm³/mol. The maximum absolute atomic E-state index is 11.0. The molecule has 0 amide bonds. The van der Waals surface area contributed by atoms with Crippen LogP contribution in [-0.4, -0.2) is 5.78 Å². The molecule has 2 aliphatic rings. The van der Waals surface area contributed by atoms with Crippen LogP contribution in [0, 0.1) is 17.3 Å². The number of hydrogen-bond donors (Lipinski definition) is 0. The molecule has 0 heterocycles. The Morgan fingerprint density at radius 3 is 2.62 bits per heavy atom. The van der Waals surface area contributed by atoms with Gasteiger partial charge in [-0.2, -0.15) is 0 Å². The smallest absolute Gasteiger partial charge is 0.152 e. The average Bonchev–Trinajstić information content (AvgIpc) is 2.41. The quantitative estimate of drug-likeness (QED) is 0.564. The van der Waals surface area contributed by atoms with Gasteiger partial charge in [-0.25, -0.2) is 0 Å². The molecule has 2 aliphatic carbocycles. The molecule has 2 saturated carbocycles. The van der Waals surface area contributed by atoms with Gasteiger partial charge in [0.05, 0.1) is 0 Å². The van der Waals surface area contributed by atoms with Crippen LogP contribution in [0.25, 0.3) is 0 Å². The van der Waals surface area contributed by atoms with Crippen molar-refractivity contribution in [1.82, 2.24) is 0 Å². The molecule has 2 bridgehead atoms. The molecule has 0 aromatic carbocycles. The normalized spacial score (nSPS) is 38.5. The Labute approximate surface area is 80.2 Å². The molecule has 1 heteroatoms. The zero-order valence-electron chi connectivity index (χ0n) is 8.76. The summed E-state index contributed by atoms with van der Waals surface area (Å²) in [6.07, 6.45) is 5.67. The molecule has 0 aromatic heterocycles. The van der Waals surface area contributed by atoms with Gasteiger partial charge in [0.2, 0.25) is 0 Å². The van der Waals surface area contributed by atoms with Crippen LogP contribution in [-0.2, 0) is 4.79 Å². The zero-order valence-corrected chi connectivity index (χ0v) is 8.76. The van der Waals surface area contributed by atoms with Crippen molar-refractivity contribution in [3.8, 4) is 0 Å². The van der Waals surface area contributed by atoms with E-state index in [0.29, 0.717) is 5.41 Å². The van der Waals surface area contributed by atoms with E-state index in [1.807, 2.05) is 6.08 Å². The molecule has 2 unspecified atom stereocenters. The molecular weight excluding hydrogens is 160 g/mol. The van der Waals surface area contributed by atoms with E-state index in [1.165, 1.54) is 24.8 Å². The molecule has 72 valence electrons. The van der Waals surface area contributed by atoms with Crippen molar-refractivity contribution in [1.29, 1.82) is 0 Å². The van der Waals surface area contributed by atoms with Gasteiger partial charge in [0.25, 0.3) is 0 Å². The van der Waals surface area contributed by atoms with Crippen molar-refractivity contribution in [3.63, 3.8) is 0 Å². The molecule has 2 atom stereocenters. The second kappa shape index (κ2) is 2.70. The van der Waals surface area contributed by atoms with E-state index in [0.717, 1.165) is 11.8 Å². The van der Waals surface area contributed by atoms with E-state index in [-0.39, 0.29) is 5.78 Å². The lowest BCUT2D eigenvalue weighted by molar-refractivity contribution is -0.112. The second-order valence-electron chi connectivity index (χ2n) is 5.36. The fourth-order valence-corrected chi connectivity index (χ4v) is 3.08. The number of hydrogen-bond acceptors (Lipinski definition) is 1. The van der Waals surface area contributed by atoms with E-state index >= 15 is 0 Å². The summed E-state index contributed by atoms with van der Waals surface area (Å²) in [4.78, 5) is 11.0. The molecule has 0 aliphatic heterocycles. The SMILES string of the molecule is CC(=O)C=C1CC2CC1CC2(C)C. The third kappa shape index (κ3) is 1.45. The summed E-state index contributed by atoms with van der Waals surface area (Å²) in [7, 11) is 0. The number of carbonyl (C=O) groups excluding carboxylic acids is 1. The van der Waals surface area contributed by atoms with Crippen LogP contribution in [0.1, 0.15) is 40.0 Å². The van der Waals surface area contributed by atoms with Crippen molar-refractivity contribution in [3.05, 3.63) is 11.6 Å². The summed E-state index contributed by atoms with van der Waals surface area (Å²) in [5.74, 6) is 1.78. The number of rotatable bonds is 1. The van der Waals surface area contributed by atoms with Crippen LogP contribution < -0.4 is 0 Å². The third-order valence-corrected chi connectivity index (χ3v) is 3.84. The fourth-order valence-electron chi connectivity index (χ4n) is 3.08. The summed E-state index contributed by atoms with van der Waals surface area (Å²) in [6.45, 7) is 6.38. The largest absolute Gasteiger partial charge is 0.295 e. The van der Waals surface area contributed by atoms with Crippen LogP contribution in [0.5, 0.6) is 0 Å². The van der Waals surface area contributed by atoms with E-state index in [1.54, 1.807) is 6.92 Å². The van der Waals surface area contributed by atoms with Crippen LogP contribution in [0.3, 0.4) is 0 Å². The highest BCUT2D eigenvalue weighted by atomic mass is 16.1. The van der Waals surface area contributed by atoms with Gasteiger partial charge in [0.1, 0.15) is 0 Å². The highest BCUT2D eigenvalue weighted by Gasteiger charge is 2.47. The van der Waals surface area contributed by atoms with E-state index in [9.17, 15) is 4.79 Å². The second-order valence-corrected chi connectivity index (χ2v) is 5.36. The van der Waals surface area contributed by atoms with Gasteiger partial charge in [-0.3, -0.25) is 4.79 Å². The summed E-state index contributed by atoms with van der Waals surface area (Å²) < 4.78 is 0. The van der Waals surface area contributed by atoms with Crippen molar-refractivity contribution >= 4 is 5.78 Å². The first-order valence-electron chi connectivity index (χ1n) is 5.20. The molecule has 0 N–H and O–H groups in total. The Balaban J connectivity index is 2.16. The standard InChI is InChI=1S/C12H18O/c1-8(13)4-9-5-11-6-10(9)7-12(11,2)3/h4,10-11H,5-7H2,1-3H3. The lowest BCUT2D eigenvalue weighted by atomic mass is 9.75. The first-order valence-corrected chi connectivity index (χ1v) is 5.20. The van der Waals surface area contributed by atoms with Crippen LogP contribution in [0.15, 0.2) is 11.6 Å². The zero-order chi connectivity index (χ0) is 9.64.